The molecule has 0 radical (unpaired) electrons. The molecule has 0 aliphatic rings. The molecule has 17 heavy (non-hydrogen) atoms. The zero-order valence-corrected chi connectivity index (χ0v) is 10.7. The van der Waals surface area contributed by atoms with Gasteiger partial charge in [-0.05, 0) is 20.8 Å². The fraction of sp³-hybridized carbons (Fsp3) is 0.583. The number of rotatable bonds is 6. The highest BCUT2D eigenvalue weighted by Crippen LogP contribution is 2.06. The highest BCUT2D eigenvalue weighted by Gasteiger charge is 2.12. The summed E-state index contributed by atoms with van der Waals surface area (Å²) in [5.74, 6) is -0.273. The van der Waals surface area contributed by atoms with Crippen molar-refractivity contribution in [3.8, 4) is 0 Å². The topological polar surface area (TPSA) is 72.1 Å². The fourth-order valence-corrected chi connectivity index (χ4v) is 1.48. The first kappa shape index (κ1) is 13.6. The third kappa shape index (κ3) is 4.91. The number of primary amides is 1. The largest absolute Gasteiger partial charge is 0.370 e. The summed E-state index contributed by atoms with van der Waals surface area (Å²) >= 11 is 0. The third-order valence-electron chi connectivity index (χ3n) is 2.58. The summed E-state index contributed by atoms with van der Waals surface area (Å²) in [4.78, 5) is 21.5. The number of hydrogen-bond acceptors (Lipinski definition) is 4. The van der Waals surface area contributed by atoms with Crippen LogP contribution in [0.3, 0.4) is 0 Å². The molecule has 1 rings (SSSR count). The molecule has 0 atom stereocenters. The SMILES string of the molecule is Cc1cnc(CN(CCC(N)=O)C(C)C)cn1. The number of amides is 1. The van der Waals surface area contributed by atoms with Crippen molar-refractivity contribution < 1.29 is 4.79 Å². The monoisotopic (exact) mass is 236 g/mol. The number of carbonyl (C=O) groups excluding carboxylic acids is 1. The van der Waals surface area contributed by atoms with E-state index in [2.05, 4.69) is 28.7 Å². The lowest BCUT2D eigenvalue weighted by Crippen LogP contribution is -2.33. The molecule has 0 saturated carbocycles. The summed E-state index contributed by atoms with van der Waals surface area (Å²) in [6, 6.07) is 0.345. The minimum Gasteiger partial charge on any atom is -0.370 e. The van der Waals surface area contributed by atoms with E-state index >= 15 is 0 Å². The van der Waals surface area contributed by atoms with Crippen LogP contribution < -0.4 is 5.73 Å². The molecule has 0 unspecified atom stereocenters. The molecule has 0 spiro atoms. The number of hydrogen-bond donors (Lipinski definition) is 1. The predicted molar refractivity (Wildman–Crippen MR) is 66.1 cm³/mol. The van der Waals surface area contributed by atoms with E-state index in [-0.39, 0.29) is 5.91 Å². The Bertz CT molecular complexity index is 361. The van der Waals surface area contributed by atoms with E-state index in [1.807, 2.05) is 6.92 Å². The Hall–Kier alpha value is -1.49. The second-order valence-corrected chi connectivity index (χ2v) is 4.43. The average molecular weight is 236 g/mol. The normalized spacial score (nSPS) is 11.1. The van der Waals surface area contributed by atoms with Crippen molar-refractivity contribution in [2.75, 3.05) is 6.54 Å². The summed E-state index contributed by atoms with van der Waals surface area (Å²) in [6.07, 6.45) is 3.90. The minimum atomic E-state index is -0.273. The van der Waals surface area contributed by atoms with Gasteiger partial charge in [0.15, 0.2) is 0 Å². The summed E-state index contributed by atoms with van der Waals surface area (Å²) in [5, 5.41) is 0. The zero-order chi connectivity index (χ0) is 12.8. The Labute approximate surface area is 102 Å². The number of aromatic nitrogens is 2. The van der Waals surface area contributed by atoms with Gasteiger partial charge in [0.1, 0.15) is 0 Å². The minimum absolute atomic E-state index is 0.273. The van der Waals surface area contributed by atoms with Crippen molar-refractivity contribution in [2.45, 2.75) is 39.8 Å². The quantitative estimate of drug-likeness (QED) is 0.795. The standard InChI is InChI=1S/C12H20N4O/c1-9(2)16(5-4-12(13)17)8-11-7-14-10(3)6-15-11/h6-7,9H,4-5,8H2,1-3H3,(H2,13,17). The molecule has 0 aromatic carbocycles. The van der Waals surface area contributed by atoms with E-state index in [4.69, 9.17) is 5.73 Å². The van der Waals surface area contributed by atoms with E-state index in [1.54, 1.807) is 12.4 Å². The van der Waals surface area contributed by atoms with Gasteiger partial charge in [0, 0.05) is 37.9 Å². The van der Waals surface area contributed by atoms with Crippen LogP contribution in [0, 0.1) is 6.92 Å². The summed E-state index contributed by atoms with van der Waals surface area (Å²) < 4.78 is 0. The van der Waals surface area contributed by atoms with Gasteiger partial charge in [-0.3, -0.25) is 19.7 Å². The lowest BCUT2D eigenvalue weighted by Gasteiger charge is -2.25. The Balaban J connectivity index is 2.60. The second-order valence-electron chi connectivity index (χ2n) is 4.43. The van der Waals surface area contributed by atoms with Crippen molar-refractivity contribution >= 4 is 5.91 Å². The number of aryl methyl sites for hydroxylation is 1. The summed E-state index contributed by atoms with van der Waals surface area (Å²) in [6.45, 7) is 7.43. The van der Waals surface area contributed by atoms with Gasteiger partial charge in [-0.25, -0.2) is 0 Å². The molecule has 0 aliphatic carbocycles. The summed E-state index contributed by atoms with van der Waals surface area (Å²) in [7, 11) is 0. The molecule has 1 heterocycles. The van der Waals surface area contributed by atoms with Crippen LogP contribution in [0.5, 0.6) is 0 Å². The van der Waals surface area contributed by atoms with Gasteiger partial charge in [-0.1, -0.05) is 0 Å². The second kappa shape index (κ2) is 6.30. The number of nitrogens with two attached hydrogens (primary N) is 1. The molecule has 0 aliphatic heterocycles. The maximum Gasteiger partial charge on any atom is 0.218 e. The van der Waals surface area contributed by atoms with E-state index in [1.165, 1.54) is 0 Å². The lowest BCUT2D eigenvalue weighted by molar-refractivity contribution is -0.118. The van der Waals surface area contributed by atoms with Crippen LogP contribution in [0.2, 0.25) is 0 Å². The van der Waals surface area contributed by atoms with Crippen molar-refractivity contribution in [1.29, 1.82) is 0 Å². The van der Waals surface area contributed by atoms with Crippen molar-refractivity contribution in [1.82, 2.24) is 14.9 Å². The highest BCUT2D eigenvalue weighted by atomic mass is 16.1. The van der Waals surface area contributed by atoms with Crippen LogP contribution in [0.15, 0.2) is 12.4 Å². The first-order valence-corrected chi connectivity index (χ1v) is 5.79. The fourth-order valence-electron chi connectivity index (χ4n) is 1.48. The number of carbonyl (C=O) groups is 1. The molecular weight excluding hydrogens is 216 g/mol. The van der Waals surface area contributed by atoms with Gasteiger partial charge in [-0.15, -0.1) is 0 Å². The molecule has 0 saturated heterocycles. The molecule has 2 N–H and O–H groups in total. The highest BCUT2D eigenvalue weighted by molar-refractivity contribution is 5.73. The van der Waals surface area contributed by atoms with Gasteiger partial charge in [0.05, 0.1) is 11.4 Å². The smallest absolute Gasteiger partial charge is 0.218 e. The zero-order valence-electron chi connectivity index (χ0n) is 10.7. The Morgan fingerprint density at radius 2 is 2.12 bits per heavy atom. The van der Waals surface area contributed by atoms with Gasteiger partial charge in [0.25, 0.3) is 0 Å². The van der Waals surface area contributed by atoms with Crippen LogP contribution in [0.1, 0.15) is 31.7 Å². The van der Waals surface area contributed by atoms with E-state index in [9.17, 15) is 4.79 Å². The molecule has 1 aromatic heterocycles. The lowest BCUT2D eigenvalue weighted by atomic mass is 10.2. The van der Waals surface area contributed by atoms with Gasteiger partial charge < -0.3 is 5.73 Å². The van der Waals surface area contributed by atoms with Gasteiger partial charge in [0.2, 0.25) is 5.91 Å². The third-order valence-corrected chi connectivity index (χ3v) is 2.58. The first-order chi connectivity index (χ1) is 7.99. The molecule has 94 valence electrons. The molecule has 0 fully saturated rings. The predicted octanol–water partition coefficient (Wildman–Crippen LogP) is 0.871. The Kier molecular flexibility index (Phi) is 5.03. The summed E-state index contributed by atoms with van der Waals surface area (Å²) in [5.41, 5.74) is 6.98. The van der Waals surface area contributed by atoms with Crippen LogP contribution in [-0.4, -0.2) is 33.4 Å². The van der Waals surface area contributed by atoms with E-state index in [0.29, 0.717) is 25.6 Å². The maximum atomic E-state index is 10.8. The molecule has 0 bridgehead atoms. The van der Waals surface area contributed by atoms with Crippen LogP contribution in [0.25, 0.3) is 0 Å². The number of nitrogens with zero attached hydrogens (tertiary/aromatic N) is 3. The molecule has 1 aromatic rings. The van der Waals surface area contributed by atoms with E-state index < -0.39 is 0 Å². The average Bonchev–Trinajstić information content (AvgIpc) is 2.26. The van der Waals surface area contributed by atoms with Crippen LogP contribution in [-0.2, 0) is 11.3 Å². The molecular formula is C12H20N4O. The van der Waals surface area contributed by atoms with Gasteiger partial charge in [-0.2, -0.15) is 0 Å². The van der Waals surface area contributed by atoms with Crippen molar-refractivity contribution in [2.24, 2.45) is 5.73 Å². The molecule has 1 amide bonds. The van der Waals surface area contributed by atoms with Crippen molar-refractivity contribution in [3.05, 3.63) is 23.8 Å². The Morgan fingerprint density at radius 1 is 1.41 bits per heavy atom. The van der Waals surface area contributed by atoms with Crippen LogP contribution >= 0.6 is 0 Å². The molecule has 5 nitrogen and oxygen atoms in total. The van der Waals surface area contributed by atoms with Crippen LogP contribution in [0.4, 0.5) is 0 Å². The van der Waals surface area contributed by atoms with E-state index in [0.717, 1.165) is 11.4 Å². The van der Waals surface area contributed by atoms with Gasteiger partial charge >= 0.3 is 0 Å². The first-order valence-electron chi connectivity index (χ1n) is 5.79. The Morgan fingerprint density at radius 3 is 2.59 bits per heavy atom. The van der Waals surface area contributed by atoms with Crippen molar-refractivity contribution in [3.63, 3.8) is 0 Å². The molecule has 5 heteroatoms. The maximum absolute atomic E-state index is 10.8.